The predicted molar refractivity (Wildman–Crippen MR) is 122 cm³/mol. The molecule has 1 N–H and O–H groups in total. The molecule has 0 unspecified atom stereocenters. The van der Waals surface area contributed by atoms with Crippen molar-refractivity contribution >= 4 is 51.3 Å². The second kappa shape index (κ2) is 8.97. The number of amidine groups is 1. The summed E-state index contributed by atoms with van der Waals surface area (Å²) in [5.41, 5.74) is 2.63. The SMILES string of the molecule is CCOC(=O)Cc1ccc(NC2=NC(=O)C(=Cc3ccc4ccccc4c3)S2)cc1. The third-order valence-corrected chi connectivity index (χ3v) is 5.45. The van der Waals surface area contributed by atoms with Crippen LogP contribution in [0.4, 0.5) is 5.69 Å². The Morgan fingerprint density at radius 1 is 1.07 bits per heavy atom. The van der Waals surface area contributed by atoms with E-state index in [-0.39, 0.29) is 18.3 Å². The highest BCUT2D eigenvalue weighted by Crippen LogP contribution is 2.30. The monoisotopic (exact) mass is 416 g/mol. The molecule has 30 heavy (non-hydrogen) atoms. The first-order valence-electron chi connectivity index (χ1n) is 9.63. The number of carbonyl (C=O) groups is 2. The molecule has 0 saturated heterocycles. The maximum absolute atomic E-state index is 12.3. The Hall–Kier alpha value is -3.38. The molecule has 3 aromatic rings. The van der Waals surface area contributed by atoms with Gasteiger partial charge >= 0.3 is 5.97 Å². The van der Waals surface area contributed by atoms with Crippen molar-refractivity contribution in [3.63, 3.8) is 0 Å². The Kier molecular flexibility index (Phi) is 5.95. The second-order valence-corrected chi connectivity index (χ2v) is 7.77. The summed E-state index contributed by atoms with van der Waals surface area (Å²) in [7, 11) is 0. The maximum Gasteiger partial charge on any atom is 0.310 e. The summed E-state index contributed by atoms with van der Waals surface area (Å²) in [4.78, 5) is 28.6. The molecule has 4 rings (SSSR count). The number of amides is 1. The molecule has 6 heteroatoms. The molecule has 1 amide bonds. The minimum atomic E-state index is -0.255. The van der Waals surface area contributed by atoms with E-state index in [1.165, 1.54) is 11.8 Å². The Morgan fingerprint density at radius 2 is 1.83 bits per heavy atom. The maximum atomic E-state index is 12.3. The quantitative estimate of drug-likeness (QED) is 0.467. The fraction of sp³-hybridized carbons (Fsp3) is 0.125. The number of thioether (sulfide) groups is 1. The number of ether oxygens (including phenoxy) is 1. The summed E-state index contributed by atoms with van der Waals surface area (Å²) in [6.07, 6.45) is 2.10. The number of aliphatic imine (C=N–C) groups is 1. The first kappa shape index (κ1) is 19.9. The zero-order valence-electron chi connectivity index (χ0n) is 16.4. The van der Waals surface area contributed by atoms with Gasteiger partial charge in [0.25, 0.3) is 5.91 Å². The number of nitrogens with one attached hydrogen (secondary N) is 1. The molecule has 0 saturated carbocycles. The molecule has 3 aromatic carbocycles. The van der Waals surface area contributed by atoms with Crippen molar-refractivity contribution in [1.29, 1.82) is 0 Å². The molecule has 1 heterocycles. The normalized spacial score (nSPS) is 14.8. The van der Waals surface area contributed by atoms with Gasteiger partial charge in [-0.05, 0) is 64.9 Å². The van der Waals surface area contributed by atoms with Crippen molar-refractivity contribution in [2.45, 2.75) is 13.3 Å². The molecular formula is C24H20N2O3S. The average molecular weight is 417 g/mol. The van der Waals surface area contributed by atoms with Crippen LogP contribution >= 0.6 is 11.8 Å². The van der Waals surface area contributed by atoms with Crippen LogP contribution in [0.25, 0.3) is 16.8 Å². The summed E-state index contributed by atoms with van der Waals surface area (Å²) in [6, 6.07) is 21.6. The number of carbonyl (C=O) groups excluding carboxylic acids is 2. The molecule has 1 aliphatic rings. The topological polar surface area (TPSA) is 67.8 Å². The van der Waals surface area contributed by atoms with E-state index < -0.39 is 0 Å². The van der Waals surface area contributed by atoms with Gasteiger partial charge in [0.1, 0.15) is 0 Å². The fourth-order valence-corrected chi connectivity index (χ4v) is 3.95. The number of fused-ring (bicyclic) bond motifs is 1. The Labute approximate surface area is 178 Å². The van der Waals surface area contributed by atoms with Gasteiger partial charge in [-0.1, -0.05) is 48.5 Å². The van der Waals surface area contributed by atoms with Crippen LogP contribution in [0.1, 0.15) is 18.1 Å². The summed E-state index contributed by atoms with van der Waals surface area (Å²) in [5.74, 6) is -0.502. The van der Waals surface area contributed by atoms with Gasteiger partial charge in [-0.15, -0.1) is 0 Å². The Morgan fingerprint density at radius 3 is 2.60 bits per heavy atom. The van der Waals surface area contributed by atoms with E-state index in [4.69, 9.17) is 4.74 Å². The molecule has 0 bridgehead atoms. The first-order chi connectivity index (χ1) is 14.6. The number of hydrogen-bond donors (Lipinski definition) is 1. The first-order valence-corrected chi connectivity index (χ1v) is 10.5. The Balaban J connectivity index is 1.42. The van der Waals surface area contributed by atoms with E-state index in [0.29, 0.717) is 16.7 Å². The molecular weight excluding hydrogens is 396 g/mol. The van der Waals surface area contributed by atoms with E-state index in [9.17, 15) is 9.59 Å². The van der Waals surface area contributed by atoms with Crippen LogP contribution in [0.3, 0.4) is 0 Å². The number of benzene rings is 3. The number of esters is 1. The van der Waals surface area contributed by atoms with Crippen molar-refractivity contribution in [3.05, 3.63) is 82.8 Å². The van der Waals surface area contributed by atoms with Gasteiger partial charge in [-0.25, -0.2) is 0 Å². The molecule has 0 aliphatic carbocycles. The van der Waals surface area contributed by atoms with Crippen molar-refractivity contribution in [2.75, 3.05) is 11.9 Å². The van der Waals surface area contributed by atoms with E-state index in [2.05, 4.69) is 28.5 Å². The molecule has 0 atom stereocenters. The van der Waals surface area contributed by atoms with Crippen LogP contribution in [0.5, 0.6) is 0 Å². The van der Waals surface area contributed by atoms with Crippen LogP contribution in [-0.2, 0) is 20.7 Å². The third kappa shape index (κ3) is 4.78. The largest absolute Gasteiger partial charge is 0.466 e. The Bertz CT molecular complexity index is 1170. The summed E-state index contributed by atoms with van der Waals surface area (Å²) >= 11 is 1.31. The average Bonchev–Trinajstić information content (AvgIpc) is 3.08. The molecule has 0 spiro atoms. The van der Waals surface area contributed by atoms with Crippen LogP contribution in [0.2, 0.25) is 0 Å². The molecule has 150 valence electrons. The smallest absolute Gasteiger partial charge is 0.310 e. The van der Waals surface area contributed by atoms with Crippen LogP contribution < -0.4 is 5.32 Å². The summed E-state index contributed by atoms with van der Waals surface area (Å²) < 4.78 is 4.96. The predicted octanol–water partition coefficient (Wildman–Crippen LogP) is 5.03. The van der Waals surface area contributed by atoms with Gasteiger partial charge in [-0.2, -0.15) is 4.99 Å². The highest BCUT2D eigenvalue weighted by molar-refractivity contribution is 8.18. The second-order valence-electron chi connectivity index (χ2n) is 6.74. The van der Waals surface area contributed by atoms with Gasteiger partial charge in [0, 0.05) is 5.69 Å². The van der Waals surface area contributed by atoms with Gasteiger partial charge in [0.15, 0.2) is 5.17 Å². The summed E-state index contributed by atoms with van der Waals surface area (Å²) in [6.45, 7) is 2.16. The van der Waals surface area contributed by atoms with E-state index in [1.54, 1.807) is 6.92 Å². The van der Waals surface area contributed by atoms with Gasteiger partial charge in [0.05, 0.1) is 17.9 Å². The number of anilines is 1. The van der Waals surface area contributed by atoms with Crippen LogP contribution in [0.15, 0.2) is 76.6 Å². The van der Waals surface area contributed by atoms with Crippen LogP contribution in [-0.4, -0.2) is 23.7 Å². The third-order valence-electron chi connectivity index (χ3n) is 4.55. The lowest BCUT2D eigenvalue weighted by Crippen LogP contribution is -2.08. The summed E-state index contributed by atoms with van der Waals surface area (Å²) in [5, 5.41) is 5.98. The zero-order chi connectivity index (χ0) is 20.9. The van der Waals surface area contributed by atoms with Crippen molar-refractivity contribution < 1.29 is 14.3 Å². The molecule has 5 nitrogen and oxygen atoms in total. The zero-order valence-corrected chi connectivity index (χ0v) is 17.2. The van der Waals surface area contributed by atoms with E-state index >= 15 is 0 Å². The van der Waals surface area contributed by atoms with Gasteiger partial charge < -0.3 is 10.1 Å². The lowest BCUT2D eigenvalue weighted by atomic mass is 10.1. The van der Waals surface area contributed by atoms with E-state index in [1.807, 2.05) is 54.6 Å². The number of hydrogen-bond acceptors (Lipinski definition) is 5. The standard InChI is InChI=1S/C24H20N2O3S/c1-2-29-22(27)15-16-8-11-20(12-9-16)25-24-26-23(28)21(30-24)14-17-7-10-18-5-3-4-6-19(18)13-17/h3-14H,2,15H2,1H3,(H,25,26,28). The highest BCUT2D eigenvalue weighted by Gasteiger charge is 2.22. The van der Waals surface area contributed by atoms with Gasteiger partial charge in [0.2, 0.25) is 0 Å². The molecule has 0 fully saturated rings. The van der Waals surface area contributed by atoms with Gasteiger partial charge in [-0.3, -0.25) is 9.59 Å². The van der Waals surface area contributed by atoms with Crippen molar-refractivity contribution in [1.82, 2.24) is 0 Å². The van der Waals surface area contributed by atoms with E-state index in [0.717, 1.165) is 27.6 Å². The molecule has 1 aliphatic heterocycles. The lowest BCUT2D eigenvalue weighted by molar-refractivity contribution is -0.142. The highest BCUT2D eigenvalue weighted by atomic mass is 32.2. The van der Waals surface area contributed by atoms with Crippen molar-refractivity contribution in [3.8, 4) is 0 Å². The minimum absolute atomic E-state index is 0.237. The number of nitrogens with zero attached hydrogens (tertiary/aromatic N) is 1. The minimum Gasteiger partial charge on any atom is -0.466 e. The lowest BCUT2D eigenvalue weighted by Gasteiger charge is -2.06. The van der Waals surface area contributed by atoms with Crippen molar-refractivity contribution in [2.24, 2.45) is 4.99 Å². The fourth-order valence-electron chi connectivity index (χ4n) is 3.12. The molecule has 0 radical (unpaired) electrons. The van der Waals surface area contributed by atoms with Crippen LogP contribution in [0, 0.1) is 0 Å². The molecule has 0 aromatic heterocycles. The number of rotatable bonds is 5.